The van der Waals surface area contributed by atoms with Crippen LogP contribution >= 0.6 is 0 Å². The van der Waals surface area contributed by atoms with Crippen molar-refractivity contribution in [3.05, 3.63) is 143 Å². The van der Waals surface area contributed by atoms with E-state index in [-0.39, 0.29) is 6.04 Å². The highest BCUT2D eigenvalue weighted by molar-refractivity contribution is 5.74. The van der Waals surface area contributed by atoms with Gasteiger partial charge in [0.15, 0.2) is 0 Å². The molecule has 6 heteroatoms. The molecule has 6 nitrogen and oxygen atoms in total. The van der Waals surface area contributed by atoms with Crippen molar-refractivity contribution in [1.29, 1.82) is 0 Å². The van der Waals surface area contributed by atoms with Crippen LogP contribution in [0.3, 0.4) is 0 Å². The molecular formula is C37H34N2O4. The minimum Gasteiger partial charge on any atom is -0.480 e. The molecule has 1 saturated heterocycles. The standard InChI is InChI=1S/C37H34N2O4/c1-26-33(38-36(42-26)30-10-4-2-5-11-30)14-8-9-27-15-19-29(20-16-27)34-23-24-35(37(40)41)39(34)25-28-17-21-32(22-18-28)43-31-12-6-3-7-13-31/h2-13,15-22,34-35H,14,23-25H2,1H3,(H,40,41)/t34-,35-/m1/s1. The third kappa shape index (κ3) is 6.76. The summed E-state index contributed by atoms with van der Waals surface area (Å²) in [5.41, 5.74) is 5.16. The maximum absolute atomic E-state index is 12.1. The fourth-order valence-electron chi connectivity index (χ4n) is 5.66. The van der Waals surface area contributed by atoms with E-state index in [4.69, 9.17) is 9.15 Å². The number of aromatic nitrogens is 1. The van der Waals surface area contributed by atoms with Crippen LogP contribution in [0, 0.1) is 6.92 Å². The summed E-state index contributed by atoms with van der Waals surface area (Å²) >= 11 is 0. The predicted molar refractivity (Wildman–Crippen MR) is 168 cm³/mol. The summed E-state index contributed by atoms with van der Waals surface area (Å²) in [4.78, 5) is 18.9. The number of benzene rings is 4. The smallest absolute Gasteiger partial charge is 0.320 e. The minimum atomic E-state index is -0.773. The number of carbonyl (C=O) groups is 1. The highest BCUT2D eigenvalue weighted by atomic mass is 16.5. The summed E-state index contributed by atoms with van der Waals surface area (Å²) in [5, 5.41) is 9.97. The molecule has 2 heterocycles. The third-order valence-electron chi connectivity index (χ3n) is 7.92. The molecule has 0 amide bonds. The van der Waals surface area contributed by atoms with Gasteiger partial charge in [-0.15, -0.1) is 0 Å². The van der Waals surface area contributed by atoms with Crippen LogP contribution in [0.2, 0.25) is 0 Å². The zero-order valence-electron chi connectivity index (χ0n) is 24.1. The van der Waals surface area contributed by atoms with E-state index in [0.717, 1.165) is 51.6 Å². The monoisotopic (exact) mass is 570 g/mol. The van der Waals surface area contributed by atoms with Crippen LogP contribution in [0.4, 0.5) is 0 Å². The van der Waals surface area contributed by atoms with E-state index < -0.39 is 12.0 Å². The number of rotatable bonds is 10. The molecule has 1 aliphatic heterocycles. The van der Waals surface area contributed by atoms with Crippen molar-refractivity contribution in [2.75, 3.05) is 0 Å². The Morgan fingerprint density at radius 2 is 1.58 bits per heavy atom. The first kappa shape index (κ1) is 28.2. The second-order valence-electron chi connectivity index (χ2n) is 10.8. The number of aliphatic carboxylic acids is 1. The molecule has 0 aliphatic carbocycles. The van der Waals surface area contributed by atoms with Crippen molar-refractivity contribution in [3.63, 3.8) is 0 Å². The van der Waals surface area contributed by atoms with E-state index >= 15 is 0 Å². The third-order valence-corrected chi connectivity index (χ3v) is 7.92. The number of para-hydroxylation sites is 1. The van der Waals surface area contributed by atoms with Gasteiger partial charge in [-0.25, -0.2) is 4.98 Å². The number of aryl methyl sites for hydroxylation is 1. The number of likely N-dealkylation sites (tertiary alicyclic amines) is 1. The van der Waals surface area contributed by atoms with Crippen molar-refractivity contribution in [3.8, 4) is 23.0 Å². The summed E-state index contributed by atoms with van der Waals surface area (Å²) in [6.45, 7) is 2.50. The number of allylic oxidation sites excluding steroid dienone is 1. The van der Waals surface area contributed by atoms with Gasteiger partial charge in [0.1, 0.15) is 23.3 Å². The average molecular weight is 571 g/mol. The molecule has 0 saturated carbocycles. The molecule has 0 bridgehead atoms. The van der Waals surface area contributed by atoms with Gasteiger partial charge in [-0.05, 0) is 72.9 Å². The van der Waals surface area contributed by atoms with E-state index in [1.54, 1.807) is 0 Å². The van der Waals surface area contributed by atoms with Crippen molar-refractivity contribution in [1.82, 2.24) is 9.88 Å². The van der Waals surface area contributed by atoms with E-state index in [0.29, 0.717) is 25.3 Å². The van der Waals surface area contributed by atoms with Crippen LogP contribution in [-0.4, -0.2) is 27.0 Å². The van der Waals surface area contributed by atoms with Gasteiger partial charge < -0.3 is 14.3 Å². The number of oxazole rings is 1. The molecule has 43 heavy (non-hydrogen) atoms. The second kappa shape index (κ2) is 12.9. The molecule has 5 aromatic rings. The Bertz CT molecular complexity index is 1680. The van der Waals surface area contributed by atoms with Gasteiger partial charge in [-0.1, -0.05) is 84.9 Å². The molecule has 2 atom stereocenters. The highest BCUT2D eigenvalue weighted by Crippen LogP contribution is 2.38. The summed E-state index contributed by atoms with van der Waals surface area (Å²) in [7, 11) is 0. The molecule has 4 aromatic carbocycles. The molecule has 0 radical (unpaired) electrons. The quantitative estimate of drug-likeness (QED) is 0.181. The topological polar surface area (TPSA) is 75.8 Å². The molecule has 1 aliphatic rings. The molecule has 0 unspecified atom stereocenters. The van der Waals surface area contributed by atoms with Crippen LogP contribution in [0.5, 0.6) is 11.5 Å². The zero-order chi connectivity index (χ0) is 29.6. The number of carboxylic acid groups (broad SMARTS) is 1. The van der Waals surface area contributed by atoms with Crippen molar-refractivity contribution in [2.45, 2.75) is 44.8 Å². The van der Waals surface area contributed by atoms with Gasteiger partial charge in [-0.3, -0.25) is 9.69 Å². The summed E-state index contributed by atoms with van der Waals surface area (Å²) in [5.74, 6) is 2.23. The lowest BCUT2D eigenvalue weighted by atomic mass is 10.0. The summed E-state index contributed by atoms with van der Waals surface area (Å²) in [6.07, 6.45) is 6.29. The zero-order valence-corrected chi connectivity index (χ0v) is 24.1. The maximum atomic E-state index is 12.1. The largest absolute Gasteiger partial charge is 0.480 e. The Kier molecular flexibility index (Phi) is 8.47. The summed E-state index contributed by atoms with van der Waals surface area (Å²) < 4.78 is 11.8. The van der Waals surface area contributed by atoms with Crippen molar-refractivity contribution < 1.29 is 19.1 Å². The van der Waals surface area contributed by atoms with E-state index in [1.165, 1.54) is 0 Å². The lowest BCUT2D eigenvalue weighted by Gasteiger charge is -2.28. The normalized spacial score (nSPS) is 17.0. The number of hydrogen-bond acceptors (Lipinski definition) is 5. The molecule has 6 rings (SSSR count). The predicted octanol–water partition coefficient (Wildman–Crippen LogP) is 8.49. The fraction of sp³-hybridized carbons (Fsp3) is 0.189. The van der Waals surface area contributed by atoms with Gasteiger partial charge in [0.05, 0.1) is 5.69 Å². The first-order valence-electron chi connectivity index (χ1n) is 14.6. The molecule has 0 spiro atoms. The van der Waals surface area contributed by atoms with Gasteiger partial charge in [0.2, 0.25) is 5.89 Å². The number of hydrogen-bond donors (Lipinski definition) is 1. The Balaban J connectivity index is 1.11. The van der Waals surface area contributed by atoms with E-state index in [9.17, 15) is 9.90 Å². The Morgan fingerprint density at radius 3 is 2.28 bits per heavy atom. The van der Waals surface area contributed by atoms with Gasteiger partial charge in [0.25, 0.3) is 0 Å². The Morgan fingerprint density at radius 1 is 0.907 bits per heavy atom. The van der Waals surface area contributed by atoms with Crippen LogP contribution in [0.1, 0.15) is 47.0 Å². The Labute approximate surface area is 251 Å². The SMILES string of the molecule is Cc1oc(-c2ccccc2)nc1CC=Cc1ccc([C@H]2CC[C@H](C(=O)O)N2Cc2ccc(Oc3ccccc3)cc2)cc1. The molecule has 216 valence electrons. The second-order valence-corrected chi connectivity index (χ2v) is 10.8. The first-order valence-corrected chi connectivity index (χ1v) is 14.6. The molecular weight excluding hydrogens is 536 g/mol. The van der Waals surface area contributed by atoms with E-state index in [1.807, 2.05) is 91.9 Å². The fourth-order valence-corrected chi connectivity index (χ4v) is 5.66. The van der Waals surface area contributed by atoms with Gasteiger partial charge in [-0.2, -0.15) is 0 Å². The molecule has 1 N–H and O–H groups in total. The lowest BCUT2D eigenvalue weighted by Crippen LogP contribution is -2.36. The number of ether oxygens (including phenoxy) is 1. The maximum Gasteiger partial charge on any atom is 0.320 e. The van der Waals surface area contributed by atoms with Crippen LogP contribution < -0.4 is 4.74 Å². The van der Waals surface area contributed by atoms with Crippen molar-refractivity contribution >= 4 is 12.0 Å². The van der Waals surface area contributed by atoms with Crippen LogP contribution in [0.25, 0.3) is 17.5 Å². The average Bonchev–Trinajstić information content (AvgIpc) is 3.63. The molecule has 1 aromatic heterocycles. The molecule has 1 fully saturated rings. The van der Waals surface area contributed by atoms with Crippen LogP contribution in [-0.2, 0) is 17.8 Å². The lowest BCUT2D eigenvalue weighted by molar-refractivity contribution is -0.142. The van der Waals surface area contributed by atoms with E-state index in [2.05, 4.69) is 46.3 Å². The first-order chi connectivity index (χ1) is 21.0. The van der Waals surface area contributed by atoms with Gasteiger partial charge in [0, 0.05) is 24.6 Å². The summed E-state index contributed by atoms with van der Waals surface area (Å²) in [6, 6.07) is 35.4. The van der Waals surface area contributed by atoms with Gasteiger partial charge >= 0.3 is 5.97 Å². The van der Waals surface area contributed by atoms with Crippen LogP contribution in [0.15, 0.2) is 120 Å². The number of carboxylic acids is 1. The van der Waals surface area contributed by atoms with Crippen molar-refractivity contribution in [2.24, 2.45) is 0 Å². The highest BCUT2D eigenvalue weighted by Gasteiger charge is 2.38. The number of nitrogens with zero attached hydrogens (tertiary/aromatic N) is 2. The minimum absolute atomic E-state index is 0.0357. The Hall–Kier alpha value is -4.94.